The number of rotatable bonds is 2. The first-order chi connectivity index (χ1) is 10.0. The lowest BCUT2D eigenvalue weighted by molar-refractivity contribution is -0.115. The number of carbonyl (C=O) groups excluding carboxylic acids is 2. The first-order valence-electron chi connectivity index (χ1n) is 6.58. The molecule has 0 spiro atoms. The van der Waals surface area contributed by atoms with Crippen molar-refractivity contribution in [3.63, 3.8) is 0 Å². The monoisotopic (exact) mass is 359 g/mol. The maximum absolute atomic E-state index is 11.7. The number of carbonyl (C=O) groups is 2. The summed E-state index contributed by atoms with van der Waals surface area (Å²) < 4.78 is 0. The molecule has 1 aromatic rings. The average Bonchev–Trinajstić information content (AvgIpc) is 2.96. The summed E-state index contributed by atoms with van der Waals surface area (Å²) in [4.78, 5) is 25.4. The molecule has 0 bridgehead atoms. The van der Waals surface area contributed by atoms with E-state index in [2.05, 4.69) is 10.2 Å². The van der Waals surface area contributed by atoms with E-state index in [1.807, 2.05) is 18.2 Å². The lowest BCUT2D eigenvalue weighted by atomic mass is 10.1. The predicted octanol–water partition coefficient (Wildman–Crippen LogP) is 2.62. The minimum absolute atomic E-state index is 0. The largest absolute Gasteiger partial charge is 0.368 e. The van der Waals surface area contributed by atoms with Crippen LogP contribution in [0.3, 0.4) is 0 Å². The van der Waals surface area contributed by atoms with Gasteiger partial charge in [0.2, 0.25) is 0 Å². The van der Waals surface area contributed by atoms with Gasteiger partial charge in [-0.25, -0.2) is 0 Å². The Morgan fingerprint density at radius 2 is 2.18 bits per heavy atom. The molecular weight excluding hydrogens is 345 g/mol. The predicted molar refractivity (Wildman–Crippen MR) is 92.6 cm³/mol. The SMILES string of the molecule is Cl.N[C@@H]1CCN(c2c(Cl)cccc2/C=C2\SC(=O)NC2=O)C1. The van der Waals surface area contributed by atoms with Gasteiger partial charge >= 0.3 is 0 Å². The van der Waals surface area contributed by atoms with Crippen LogP contribution in [0.2, 0.25) is 5.02 Å². The minimum atomic E-state index is -0.367. The smallest absolute Gasteiger partial charge is 0.290 e. The van der Waals surface area contributed by atoms with E-state index < -0.39 is 0 Å². The molecule has 0 aromatic heterocycles. The van der Waals surface area contributed by atoms with Crippen molar-refractivity contribution in [2.24, 2.45) is 5.73 Å². The van der Waals surface area contributed by atoms with Gasteiger partial charge in [-0.2, -0.15) is 0 Å². The van der Waals surface area contributed by atoms with E-state index in [9.17, 15) is 9.59 Å². The quantitative estimate of drug-likeness (QED) is 0.793. The molecule has 1 aromatic carbocycles. The molecule has 118 valence electrons. The van der Waals surface area contributed by atoms with Crippen LogP contribution in [0.25, 0.3) is 6.08 Å². The van der Waals surface area contributed by atoms with Crippen LogP contribution in [0.4, 0.5) is 10.5 Å². The topological polar surface area (TPSA) is 75.4 Å². The summed E-state index contributed by atoms with van der Waals surface area (Å²) in [5.74, 6) is -0.367. The molecule has 3 rings (SSSR count). The third-order valence-corrected chi connectivity index (χ3v) is 4.60. The summed E-state index contributed by atoms with van der Waals surface area (Å²) >= 11 is 7.22. The zero-order chi connectivity index (χ0) is 15.0. The third-order valence-electron chi connectivity index (χ3n) is 3.49. The van der Waals surface area contributed by atoms with Gasteiger partial charge in [0.15, 0.2) is 0 Å². The number of nitrogens with two attached hydrogens (primary N) is 1. The molecule has 0 aliphatic carbocycles. The maximum atomic E-state index is 11.7. The zero-order valence-electron chi connectivity index (χ0n) is 11.5. The molecule has 1 atom stereocenters. The highest BCUT2D eigenvalue weighted by atomic mass is 35.5. The number of anilines is 1. The van der Waals surface area contributed by atoms with Crippen LogP contribution in [0, 0.1) is 0 Å². The van der Waals surface area contributed by atoms with Crippen molar-refractivity contribution in [1.29, 1.82) is 0 Å². The van der Waals surface area contributed by atoms with Crippen molar-refractivity contribution in [3.05, 3.63) is 33.7 Å². The standard InChI is InChI=1S/C14H14ClN3O2S.ClH/c15-10-3-1-2-8(6-11-13(19)17-14(20)21-11)12(10)18-5-4-9(16)7-18;/h1-3,6,9H,4-5,7,16H2,(H,17,19,20);1H/b11-6-;/t9-;/m1./s1. The van der Waals surface area contributed by atoms with Crippen molar-refractivity contribution in [3.8, 4) is 0 Å². The Morgan fingerprint density at radius 1 is 1.41 bits per heavy atom. The van der Waals surface area contributed by atoms with E-state index in [1.165, 1.54) is 0 Å². The second-order valence-corrected chi connectivity index (χ2v) is 6.45. The molecule has 2 aliphatic rings. The van der Waals surface area contributed by atoms with E-state index in [4.69, 9.17) is 17.3 Å². The fourth-order valence-electron chi connectivity index (χ4n) is 2.53. The van der Waals surface area contributed by atoms with Crippen LogP contribution < -0.4 is 16.0 Å². The lowest BCUT2D eigenvalue weighted by Crippen LogP contribution is -2.27. The molecule has 0 radical (unpaired) electrons. The molecule has 0 saturated carbocycles. The molecule has 8 heteroatoms. The zero-order valence-corrected chi connectivity index (χ0v) is 13.9. The van der Waals surface area contributed by atoms with Crippen molar-refractivity contribution in [2.45, 2.75) is 12.5 Å². The van der Waals surface area contributed by atoms with Gasteiger partial charge < -0.3 is 10.6 Å². The molecule has 2 heterocycles. The summed E-state index contributed by atoms with van der Waals surface area (Å²) in [5.41, 5.74) is 7.64. The number of imide groups is 1. The molecule has 3 N–H and O–H groups in total. The molecule has 2 fully saturated rings. The fraction of sp³-hybridized carbons (Fsp3) is 0.286. The lowest BCUT2D eigenvalue weighted by Gasteiger charge is -2.22. The Labute approximate surface area is 143 Å². The highest BCUT2D eigenvalue weighted by Gasteiger charge is 2.27. The Kier molecular flexibility index (Phi) is 5.39. The number of hydrogen-bond donors (Lipinski definition) is 2. The Balaban J connectivity index is 0.00000176. The third kappa shape index (κ3) is 3.41. The van der Waals surface area contributed by atoms with Crippen LogP contribution in [-0.4, -0.2) is 30.3 Å². The molecular formula is C14H15Cl2N3O2S. The summed E-state index contributed by atoms with van der Waals surface area (Å²) in [6.45, 7) is 1.57. The summed E-state index contributed by atoms with van der Waals surface area (Å²) in [6, 6.07) is 5.66. The molecule has 5 nitrogen and oxygen atoms in total. The minimum Gasteiger partial charge on any atom is -0.368 e. The second kappa shape index (κ2) is 6.91. The van der Waals surface area contributed by atoms with Crippen molar-refractivity contribution < 1.29 is 9.59 Å². The van der Waals surface area contributed by atoms with Crippen LogP contribution >= 0.6 is 35.8 Å². The van der Waals surface area contributed by atoms with Gasteiger partial charge in [-0.05, 0) is 30.3 Å². The highest BCUT2D eigenvalue weighted by Crippen LogP contribution is 2.35. The van der Waals surface area contributed by atoms with Gasteiger partial charge in [0.1, 0.15) is 0 Å². The molecule has 0 unspecified atom stereocenters. The van der Waals surface area contributed by atoms with E-state index in [0.29, 0.717) is 9.93 Å². The van der Waals surface area contributed by atoms with Crippen LogP contribution in [0.1, 0.15) is 12.0 Å². The Bertz CT molecular complexity index is 651. The highest BCUT2D eigenvalue weighted by molar-refractivity contribution is 8.18. The maximum Gasteiger partial charge on any atom is 0.290 e. The number of nitrogens with zero attached hydrogens (tertiary/aromatic N) is 1. The van der Waals surface area contributed by atoms with E-state index in [-0.39, 0.29) is 29.6 Å². The van der Waals surface area contributed by atoms with Gasteiger partial charge in [0.25, 0.3) is 11.1 Å². The van der Waals surface area contributed by atoms with E-state index in [1.54, 1.807) is 6.08 Å². The number of thioether (sulfide) groups is 1. The first kappa shape index (κ1) is 17.1. The molecule has 2 saturated heterocycles. The van der Waals surface area contributed by atoms with E-state index in [0.717, 1.165) is 42.5 Å². The number of nitrogens with one attached hydrogen (secondary N) is 1. The number of para-hydroxylation sites is 1. The summed E-state index contributed by atoms with van der Waals surface area (Å²) in [7, 11) is 0. The molecule has 22 heavy (non-hydrogen) atoms. The van der Waals surface area contributed by atoms with Gasteiger partial charge in [-0.3, -0.25) is 14.9 Å². The van der Waals surface area contributed by atoms with Crippen LogP contribution in [-0.2, 0) is 4.79 Å². The van der Waals surface area contributed by atoms with Crippen molar-refractivity contribution in [2.75, 3.05) is 18.0 Å². The number of amides is 2. The van der Waals surface area contributed by atoms with E-state index >= 15 is 0 Å². The van der Waals surface area contributed by atoms with Crippen molar-refractivity contribution >= 4 is 58.7 Å². The summed E-state index contributed by atoms with van der Waals surface area (Å²) in [6.07, 6.45) is 2.62. The number of halogens is 2. The van der Waals surface area contributed by atoms with Crippen LogP contribution in [0.5, 0.6) is 0 Å². The number of hydrogen-bond acceptors (Lipinski definition) is 5. The molecule has 2 aliphatic heterocycles. The Hall–Kier alpha value is -1.21. The van der Waals surface area contributed by atoms with Crippen LogP contribution in [0.15, 0.2) is 23.1 Å². The molecule has 2 amide bonds. The second-order valence-electron chi connectivity index (χ2n) is 5.02. The van der Waals surface area contributed by atoms with Gasteiger partial charge in [0.05, 0.1) is 15.6 Å². The van der Waals surface area contributed by atoms with Gasteiger partial charge in [-0.15, -0.1) is 12.4 Å². The normalized spacial score (nSPS) is 22.9. The average molecular weight is 360 g/mol. The van der Waals surface area contributed by atoms with Gasteiger partial charge in [-0.1, -0.05) is 23.7 Å². The number of benzene rings is 1. The fourth-order valence-corrected chi connectivity index (χ4v) is 3.51. The Morgan fingerprint density at radius 3 is 2.77 bits per heavy atom. The van der Waals surface area contributed by atoms with Gasteiger partial charge in [0, 0.05) is 24.7 Å². The summed E-state index contributed by atoms with van der Waals surface area (Å²) in [5, 5.41) is 2.52. The van der Waals surface area contributed by atoms with Crippen molar-refractivity contribution in [1.82, 2.24) is 5.32 Å². The first-order valence-corrected chi connectivity index (χ1v) is 7.78.